The number of carbonyl (C=O) groups excluding carboxylic acids is 2. The van der Waals surface area contributed by atoms with Crippen LogP contribution < -0.4 is 0 Å². The summed E-state index contributed by atoms with van der Waals surface area (Å²) in [5.74, 6) is 0. The Balaban J connectivity index is 2.42. The average Bonchev–Trinajstić information content (AvgIpc) is 2.85. The molecule has 3 heteroatoms. The lowest BCUT2D eigenvalue weighted by Crippen LogP contribution is -2.31. The molecular formula is C22H25NO2. The maximum absolute atomic E-state index is 11.3. The molecule has 0 saturated heterocycles. The van der Waals surface area contributed by atoms with E-state index in [2.05, 4.69) is 39.2 Å². The zero-order valence-corrected chi connectivity index (χ0v) is 15.6. The Morgan fingerprint density at radius 3 is 1.60 bits per heavy atom. The molecule has 3 nitrogen and oxygen atoms in total. The van der Waals surface area contributed by atoms with Gasteiger partial charge in [-0.25, -0.2) is 0 Å². The van der Waals surface area contributed by atoms with Crippen LogP contribution in [0.5, 0.6) is 0 Å². The van der Waals surface area contributed by atoms with Gasteiger partial charge in [-0.05, 0) is 37.8 Å². The summed E-state index contributed by atoms with van der Waals surface area (Å²) >= 11 is 0. The van der Waals surface area contributed by atoms with E-state index in [0.29, 0.717) is 11.1 Å². The van der Waals surface area contributed by atoms with E-state index in [1.807, 2.05) is 36.4 Å². The molecule has 0 bridgehead atoms. The molecule has 0 atom stereocenters. The molecule has 130 valence electrons. The minimum atomic E-state index is -0.165. The van der Waals surface area contributed by atoms with Crippen LogP contribution >= 0.6 is 0 Å². The lowest BCUT2D eigenvalue weighted by atomic mass is 9.81. The number of benzene rings is 2. The summed E-state index contributed by atoms with van der Waals surface area (Å²) in [5.41, 5.74) is 3.39. The van der Waals surface area contributed by atoms with Gasteiger partial charge in [-0.15, -0.1) is 0 Å². The number of fused-ring (bicyclic) bond motifs is 3. The molecule has 0 spiro atoms. The van der Waals surface area contributed by atoms with Gasteiger partial charge in [-0.1, -0.05) is 45.0 Å². The van der Waals surface area contributed by atoms with Crippen LogP contribution in [0.25, 0.3) is 21.8 Å². The third-order valence-electron chi connectivity index (χ3n) is 4.66. The van der Waals surface area contributed by atoms with Crippen molar-refractivity contribution in [2.75, 3.05) is 0 Å². The SMILES string of the molecule is CC(C)(C)CC(C)(C)n1c2cc(C=O)ccc2c2ccc(C=O)cc21. The van der Waals surface area contributed by atoms with E-state index in [4.69, 9.17) is 0 Å². The molecule has 0 aliphatic rings. The number of aromatic nitrogens is 1. The van der Waals surface area contributed by atoms with Gasteiger partial charge >= 0.3 is 0 Å². The number of hydrogen-bond acceptors (Lipinski definition) is 2. The lowest BCUT2D eigenvalue weighted by Gasteiger charge is -2.35. The van der Waals surface area contributed by atoms with Gasteiger partial charge in [-0.3, -0.25) is 9.59 Å². The molecule has 0 N–H and O–H groups in total. The molecule has 0 amide bonds. The van der Waals surface area contributed by atoms with Crippen LogP contribution in [0.15, 0.2) is 36.4 Å². The van der Waals surface area contributed by atoms with Crippen LogP contribution in [-0.2, 0) is 5.54 Å². The van der Waals surface area contributed by atoms with E-state index in [0.717, 1.165) is 40.8 Å². The van der Waals surface area contributed by atoms with Crippen LogP contribution in [0.1, 0.15) is 61.8 Å². The first-order chi connectivity index (χ1) is 11.7. The molecule has 0 saturated carbocycles. The van der Waals surface area contributed by atoms with Crippen molar-refractivity contribution in [2.45, 2.75) is 46.6 Å². The quantitative estimate of drug-likeness (QED) is 0.583. The predicted molar refractivity (Wildman–Crippen MR) is 104 cm³/mol. The average molecular weight is 335 g/mol. The highest BCUT2D eigenvalue weighted by atomic mass is 16.1. The second-order valence-electron chi connectivity index (χ2n) is 8.67. The van der Waals surface area contributed by atoms with Crippen molar-refractivity contribution in [1.29, 1.82) is 0 Å². The normalized spacial score (nSPS) is 12.7. The van der Waals surface area contributed by atoms with Crippen LogP contribution in [0.4, 0.5) is 0 Å². The van der Waals surface area contributed by atoms with Gasteiger partial charge in [0.25, 0.3) is 0 Å². The molecule has 0 aliphatic carbocycles. The van der Waals surface area contributed by atoms with Crippen molar-refractivity contribution in [3.05, 3.63) is 47.5 Å². The highest BCUT2D eigenvalue weighted by molar-refractivity contribution is 6.10. The highest BCUT2D eigenvalue weighted by Gasteiger charge is 2.30. The molecule has 1 aromatic heterocycles. The van der Waals surface area contributed by atoms with Crippen LogP contribution in [0, 0.1) is 5.41 Å². The molecule has 0 fully saturated rings. The Morgan fingerprint density at radius 2 is 1.24 bits per heavy atom. The first-order valence-electron chi connectivity index (χ1n) is 8.65. The Kier molecular flexibility index (Phi) is 4.06. The topological polar surface area (TPSA) is 39.1 Å². The standard InChI is InChI=1S/C22H25NO2/c1-21(2,3)14-22(4,5)23-19-10-15(12-24)6-8-17(19)18-9-7-16(13-25)11-20(18)23/h6-13H,14H2,1-5H3. The zero-order chi connectivity index (χ0) is 18.4. The first kappa shape index (κ1) is 17.4. The fraction of sp³-hybridized carbons (Fsp3) is 0.364. The van der Waals surface area contributed by atoms with Crippen molar-refractivity contribution in [3.8, 4) is 0 Å². The summed E-state index contributed by atoms with van der Waals surface area (Å²) in [6.45, 7) is 11.1. The van der Waals surface area contributed by atoms with E-state index in [1.54, 1.807) is 0 Å². The summed E-state index contributed by atoms with van der Waals surface area (Å²) in [6.07, 6.45) is 2.74. The van der Waals surface area contributed by atoms with Gasteiger partial charge in [-0.2, -0.15) is 0 Å². The van der Waals surface area contributed by atoms with Gasteiger partial charge in [0.05, 0.1) is 11.0 Å². The second-order valence-corrected chi connectivity index (χ2v) is 8.67. The van der Waals surface area contributed by atoms with Crippen LogP contribution in [0.3, 0.4) is 0 Å². The van der Waals surface area contributed by atoms with Crippen LogP contribution in [-0.4, -0.2) is 17.1 Å². The fourth-order valence-corrected chi connectivity index (χ4v) is 4.23. The van der Waals surface area contributed by atoms with Crippen molar-refractivity contribution >= 4 is 34.4 Å². The van der Waals surface area contributed by atoms with Crippen molar-refractivity contribution in [2.24, 2.45) is 5.41 Å². The minimum Gasteiger partial charge on any atom is -0.335 e. The molecule has 0 radical (unpaired) electrons. The first-order valence-corrected chi connectivity index (χ1v) is 8.65. The van der Waals surface area contributed by atoms with Gasteiger partial charge < -0.3 is 4.57 Å². The molecular weight excluding hydrogens is 310 g/mol. The Labute approximate surface area is 148 Å². The Morgan fingerprint density at radius 1 is 0.800 bits per heavy atom. The zero-order valence-electron chi connectivity index (χ0n) is 15.6. The maximum Gasteiger partial charge on any atom is 0.150 e. The molecule has 1 heterocycles. The van der Waals surface area contributed by atoms with Crippen LogP contribution in [0.2, 0.25) is 0 Å². The predicted octanol–water partition coefficient (Wildman–Crippen LogP) is 5.59. The Hall–Kier alpha value is -2.42. The number of rotatable bonds is 4. The molecule has 0 unspecified atom stereocenters. The van der Waals surface area contributed by atoms with E-state index < -0.39 is 0 Å². The fourth-order valence-electron chi connectivity index (χ4n) is 4.23. The highest BCUT2D eigenvalue weighted by Crippen LogP contribution is 2.40. The number of aldehydes is 2. The number of carbonyl (C=O) groups is 2. The van der Waals surface area contributed by atoms with Gasteiger partial charge in [0.15, 0.2) is 0 Å². The van der Waals surface area contributed by atoms with Gasteiger partial charge in [0.2, 0.25) is 0 Å². The summed E-state index contributed by atoms with van der Waals surface area (Å²) < 4.78 is 2.29. The van der Waals surface area contributed by atoms with Crippen molar-refractivity contribution in [3.63, 3.8) is 0 Å². The third kappa shape index (κ3) is 3.11. The van der Waals surface area contributed by atoms with E-state index in [-0.39, 0.29) is 11.0 Å². The van der Waals surface area contributed by atoms with E-state index in [1.165, 1.54) is 0 Å². The Bertz CT molecular complexity index is 906. The lowest BCUT2D eigenvalue weighted by molar-refractivity contribution is 0.111. The monoisotopic (exact) mass is 335 g/mol. The maximum atomic E-state index is 11.3. The van der Waals surface area contributed by atoms with E-state index in [9.17, 15) is 9.59 Å². The number of nitrogens with zero attached hydrogens (tertiary/aromatic N) is 1. The minimum absolute atomic E-state index is 0.150. The van der Waals surface area contributed by atoms with E-state index >= 15 is 0 Å². The second kappa shape index (κ2) is 5.83. The molecule has 0 aliphatic heterocycles. The summed E-state index contributed by atoms with van der Waals surface area (Å²) in [4.78, 5) is 22.6. The molecule has 3 rings (SSSR count). The molecule has 3 aromatic rings. The molecule has 2 aromatic carbocycles. The smallest absolute Gasteiger partial charge is 0.150 e. The van der Waals surface area contributed by atoms with Gasteiger partial charge in [0.1, 0.15) is 12.6 Å². The van der Waals surface area contributed by atoms with Crippen molar-refractivity contribution < 1.29 is 9.59 Å². The number of hydrogen-bond donors (Lipinski definition) is 0. The summed E-state index contributed by atoms with van der Waals surface area (Å²) in [5, 5.41) is 2.22. The third-order valence-corrected chi connectivity index (χ3v) is 4.66. The molecule has 25 heavy (non-hydrogen) atoms. The summed E-state index contributed by atoms with van der Waals surface area (Å²) in [7, 11) is 0. The largest absolute Gasteiger partial charge is 0.335 e. The van der Waals surface area contributed by atoms with Gasteiger partial charge in [0, 0.05) is 27.4 Å². The van der Waals surface area contributed by atoms with Crippen molar-refractivity contribution in [1.82, 2.24) is 4.57 Å². The summed E-state index contributed by atoms with van der Waals surface area (Å²) in [6, 6.07) is 11.6.